The molecule has 0 bridgehead atoms. The Hall–Kier alpha value is -2.96. The standard InChI is InChI=1S/C24H28N4O3/c1-14-10-17(12-26-23(14)31-18-4-3-5-18)15(2)28-13-20-19(24(28)30)8-9-25-22(20)27-21(29)11-16-6-7-16/h8-10,12,15-16,18H,3-7,11,13H2,1-2H3,(H,25,27,29). The highest BCUT2D eigenvalue weighted by Crippen LogP contribution is 2.36. The first-order valence-electron chi connectivity index (χ1n) is 11.2. The van der Waals surface area contributed by atoms with Gasteiger partial charge in [-0.15, -0.1) is 0 Å². The molecule has 3 aliphatic rings. The van der Waals surface area contributed by atoms with Crippen LogP contribution in [0.1, 0.15) is 78.5 Å². The number of carbonyl (C=O) groups excluding carboxylic acids is 2. The molecule has 0 saturated heterocycles. The Morgan fingerprint density at radius 1 is 1.29 bits per heavy atom. The van der Waals surface area contributed by atoms with Crippen LogP contribution in [-0.4, -0.2) is 32.8 Å². The normalized spacial score (nSPS) is 19.0. The second-order valence-electron chi connectivity index (χ2n) is 9.05. The molecule has 5 rings (SSSR count). The Bertz CT molecular complexity index is 1030. The van der Waals surface area contributed by atoms with Crippen LogP contribution in [-0.2, 0) is 11.3 Å². The van der Waals surface area contributed by atoms with Gasteiger partial charge in [-0.2, -0.15) is 0 Å². The van der Waals surface area contributed by atoms with Crippen molar-refractivity contribution in [3.63, 3.8) is 0 Å². The summed E-state index contributed by atoms with van der Waals surface area (Å²) in [6.07, 6.45) is 9.85. The molecule has 1 aliphatic heterocycles. The van der Waals surface area contributed by atoms with E-state index in [0.717, 1.165) is 42.4 Å². The molecule has 2 aromatic heterocycles. The predicted octanol–water partition coefficient (Wildman–Crippen LogP) is 4.17. The molecule has 3 heterocycles. The van der Waals surface area contributed by atoms with E-state index in [1.807, 2.05) is 18.7 Å². The van der Waals surface area contributed by atoms with E-state index >= 15 is 0 Å². The molecular formula is C24H28N4O3. The second kappa shape index (κ2) is 7.94. The molecule has 2 fully saturated rings. The lowest BCUT2D eigenvalue weighted by Gasteiger charge is -2.28. The van der Waals surface area contributed by atoms with Crippen molar-refractivity contribution in [3.05, 3.63) is 46.8 Å². The molecule has 1 unspecified atom stereocenters. The summed E-state index contributed by atoms with van der Waals surface area (Å²) >= 11 is 0. The fourth-order valence-electron chi connectivity index (χ4n) is 4.20. The number of aromatic nitrogens is 2. The van der Waals surface area contributed by atoms with Gasteiger partial charge in [-0.3, -0.25) is 9.59 Å². The lowest BCUT2D eigenvalue weighted by molar-refractivity contribution is -0.116. The lowest BCUT2D eigenvalue weighted by Crippen LogP contribution is -2.28. The minimum atomic E-state index is -0.154. The maximum atomic E-state index is 13.1. The minimum absolute atomic E-state index is 0.0239. The van der Waals surface area contributed by atoms with Gasteiger partial charge in [0.25, 0.3) is 5.91 Å². The molecule has 0 aromatic carbocycles. The zero-order valence-corrected chi connectivity index (χ0v) is 18.1. The number of hydrogen-bond donors (Lipinski definition) is 1. The van der Waals surface area contributed by atoms with Crippen LogP contribution in [0.25, 0.3) is 0 Å². The number of anilines is 1. The van der Waals surface area contributed by atoms with Gasteiger partial charge < -0.3 is 15.0 Å². The fraction of sp³-hybridized carbons (Fsp3) is 0.500. The maximum absolute atomic E-state index is 13.1. The Kier molecular flexibility index (Phi) is 5.12. The smallest absolute Gasteiger partial charge is 0.255 e. The molecule has 31 heavy (non-hydrogen) atoms. The van der Waals surface area contributed by atoms with E-state index in [4.69, 9.17) is 4.74 Å². The molecular weight excluding hydrogens is 392 g/mol. The highest BCUT2D eigenvalue weighted by Gasteiger charge is 2.34. The molecule has 7 heteroatoms. The van der Waals surface area contributed by atoms with Crippen molar-refractivity contribution in [2.75, 3.05) is 5.32 Å². The van der Waals surface area contributed by atoms with E-state index in [9.17, 15) is 9.59 Å². The third-order valence-corrected chi connectivity index (χ3v) is 6.64. The van der Waals surface area contributed by atoms with Crippen molar-refractivity contribution in [2.45, 2.75) is 71.1 Å². The number of pyridine rings is 2. The van der Waals surface area contributed by atoms with Crippen LogP contribution >= 0.6 is 0 Å². The quantitative estimate of drug-likeness (QED) is 0.727. The van der Waals surface area contributed by atoms with Crippen LogP contribution < -0.4 is 10.1 Å². The van der Waals surface area contributed by atoms with E-state index in [1.165, 1.54) is 6.42 Å². The highest BCUT2D eigenvalue weighted by atomic mass is 16.5. The molecule has 2 aliphatic carbocycles. The molecule has 2 saturated carbocycles. The number of fused-ring (bicyclic) bond motifs is 1. The summed E-state index contributed by atoms with van der Waals surface area (Å²) in [5.41, 5.74) is 3.35. The van der Waals surface area contributed by atoms with Crippen molar-refractivity contribution in [1.82, 2.24) is 14.9 Å². The third kappa shape index (κ3) is 4.01. The average Bonchev–Trinajstić information content (AvgIpc) is 3.46. The first-order valence-corrected chi connectivity index (χ1v) is 11.2. The van der Waals surface area contributed by atoms with Crippen molar-refractivity contribution in [2.24, 2.45) is 5.92 Å². The summed E-state index contributed by atoms with van der Waals surface area (Å²) < 4.78 is 5.96. The molecule has 7 nitrogen and oxygen atoms in total. The third-order valence-electron chi connectivity index (χ3n) is 6.64. The number of hydrogen-bond acceptors (Lipinski definition) is 5. The number of carbonyl (C=O) groups is 2. The molecule has 162 valence electrons. The number of aryl methyl sites for hydroxylation is 1. The Labute approximate surface area is 182 Å². The number of rotatable bonds is 7. The van der Waals surface area contributed by atoms with Crippen LogP contribution in [0.5, 0.6) is 5.88 Å². The van der Waals surface area contributed by atoms with Gasteiger partial charge in [0.2, 0.25) is 11.8 Å². The average molecular weight is 421 g/mol. The van der Waals surface area contributed by atoms with Crippen LogP contribution in [0, 0.1) is 12.8 Å². The van der Waals surface area contributed by atoms with Crippen molar-refractivity contribution >= 4 is 17.6 Å². The number of ether oxygens (including phenoxy) is 1. The van der Waals surface area contributed by atoms with Crippen molar-refractivity contribution in [3.8, 4) is 5.88 Å². The van der Waals surface area contributed by atoms with Crippen LogP contribution in [0.15, 0.2) is 24.5 Å². The van der Waals surface area contributed by atoms with Gasteiger partial charge in [-0.25, -0.2) is 9.97 Å². The molecule has 1 N–H and O–H groups in total. The second-order valence-corrected chi connectivity index (χ2v) is 9.05. The molecule has 2 amide bonds. The van der Waals surface area contributed by atoms with Crippen LogP contribution in [0.4, 0.5) is 5.82 Å². The Morgan fingerprint density at radius 3 is 2.77 bits per heavy atom. The summed E-state index contributed by atoms with van der Waals surface area (Å²) in [6, 6.07) is 3.64. The monoisotopic (exact) mass is 420 g/mol. The van der Waals surface area contributed by atoms with Gasteiger partial charge in [0.05, 0.1) is 12.6 Å². The zero-order valence-electron chi connectivity index (χ0n) is 18.1. The highest BCUT2D eigenvalue weighted by molar-refractivity contribution is 6.01. The predicted molar refractivity (Wildman–Crippen MR) is 116 cm³/mol. The number of amides is 2. The Balaban J connectivity index is 1.32. The van der Waals surface area contributed by atoms with Gasteiger partial charge in [-0.05, 0) is 69.6 Å². The first-order chi connectivity index (χ1) is 15.0. The van der Waals surface area contributed by atoms with Gasteiger partial charge in [0.1, 0.15) is 11.9 Å². The maximum Gasteiger partial charge on any atom is 0.255 e. The molecule has 1 atom stereocenters. The lowest BCUT2D eigenvalue weighted by atomic mass is 9.96. The van der Waals surface area contributed by atoms with Crippen molar-refractivity contribution in [1.29, 1.82) is 0 Å². The van der Waals surface area contributed by atoms with Gasteiger partial charge in [0, 0.05) is 35.5 Å². The van der Waals surface area contributed by atoms with E-state index in [-0.39, 0.29) is 24.0 Å². The summed E-state index contributed by atoms with van der Waals surface area (Å²) in [6.45, 7) is 4.42. The summed E-state index contributed by atoms with van der Waals surface area (Å²) in [5.74, 6) is 1.62. The largest absolute Gasteiger partial charge is 0.474 e. The summed E-state index contributed by atoms with van der Waals surface area (Å²) in [4.78, 5) is 36.1. The molecule has 0 spiro atoms. The zero-order chi connectivity index (χ0) is 21.5. The molecule has 2 aromatic rings. The topological polar surface area (TPSA) is 84.4 Å². The van der Waals surface area contributed by atoms with E-state index in [2.05, 4.69) is 21.4 Å². The minimum Gasteiger partial charge on any atom is -0.474 e. The Morgan fingerprint density at radius 2 is 2.10 bits per heavy atom. The van der Waals surface area contributed by atoms with Crippen molar-refractivity contribution < 1.29 is 14.3 Å². The SMILES string of the molecule is Cc1cc(C(C)N2Cc3c(ccnc3NC(=O)CC3CC3)C2=O)cnc1OC1CCC1. The van der Waals surface area contributed by atoms with Crippen LogP contribution in [0.3, 0.4) is 0 Å². The van der Waals surface area contributed by atoms with Gasteiger partial charge in [0.15, 0.2) is 0 Å². The summed E-state index contributed by atoms with van der Waals surface area (Å²) in [5, 5.41) is 2.92. The summed E-state index contributed by atoms with van der Waals surface area (Å²) in [7, 11) is 0. The van der Waals surface area contributed by atoms with Crippen LogP contribution in [0.2, 0.25) is 0 Å². The van der Waals surface area contributed by atoms with Gasteiger partial charge in [-0.1, -0.05) is 0 Å². The number of nitrogens with one attached hydrogen (secondary N) is 1. The molecule has 0 radical (unpaired) electrons. The van der Waals surface area contributed by atoms with E-state index < -0.39 is 0 Å². The first kappa shape index (κ1) is 20.0. The van der Waals surface area contributed by atoms with E-state index in [1.54, 1.807) is 18.5 Å². The van der Waals surface area contributed by atoms with Gasteiger partial charge >= 0.3 is 0 Å². The fourth-order valence-corrected chi connectivity index (χ4v) is 4.20. The van der Waals surface area contributed by atoms with E-state index in [0.29, 0.717) is 36.1 Å². The number of nitrogens with zero attached hydrogens (tertiary/aromatic N) is 3.